The quantitative estimate of drug-likeness (QED) is 0.155. The number of carbonyl (C=O) groups is 3. The molecule has 1 heterocycles. The fourth-order valence-electron chi connectivity index (χ4n) is 3.51. The zero-order chi connectivity index (χ0) is 27.8. The fourth-order valence-corrected chi connectivity index (χ4v) is 3.51. The topological polar surface area (TPSA) is 191 Å². The Bertz CT molecular complexity index is 1320. The van der Waals surface area contributed by atoms with Crippen LogP contribution in [0.15, 0.2) is 52.8 Å². The summed E-state index contributed by atoms with van der Waals surface area (Å²) in [6.45, 7) is 2.95. The molecule has 0 aliphatic carbocycles. The van der Waals surface area contributed by atoms with Gasteiger partial charge in [-0.2, -0.15) is 5.10 Å². The first-order chi connectivity index (χ1) is 18.1. The zero-order valence-electron chi connectivity index (χ0n) is 20.6. The number of nitrogens with zero attached hydrogens (tertiary/aromatic N) is 2. The first-order valence-corrected chi connectivity index (χ1v) is 11.2. The van der Waals surface area contributed by atoms with E-state index in [2.05, 4.69) is 21.2 Å². The molecular weight excluding hydrogens is 502 g/mol. The number of aromatic hydroxyl groups is 1. The van der Waals surface area contributed by atoms with Gasteiger partial charge in [0.25, 0.3) is 11.6 Å². The maximum atomic E-state index is 12.5. The first-order valence-electron chi connectivity index (χ1n) is 11.2. The van der Waals surface area contributed by atoms with E-state index >= 15 is 0 Å². The van der Waals surface area contributed by atoms with E-state index in [9.17, 15) is 29.6 Å². The highest BCUT2D eigenvalue weighted by Gasteiger charge is 2.32. The number of amides is 3. The molecule has 3 rings (SSSR count). The van der Waals surface area contributed by atoms with Crippen molar-refractivity contribution in [3.63, 3.8) is 0 Å². The van der Waals surface area contributed by atoms with E-state index in [0.29, 0.717) is 11.3 Å². The average molecular weight is 527 g/mol. The number of nitro groups is 1. The molecule has 14 nitrogen and oxygen atoms in total. The largest absolute Gasteiger partial charge is 0.507 e. The third kappa shape index (κ3) is 6.54. The van der Waals surface area contributed by atoms with Gasteiger partial charge in [-0.05, 0) is 37.6 Å². The van der Waals surface area contributed by atoms with Crippen molar-refractivity contribution in [1.29, 1.82) is 0 Å². The standard InChI is InChI=1S/C24H25N5O9/c1-4-37-23(32)21-13(2)26-24(33)27-22(21)14-5-8-18(19(10-14)36-3)38-12-20(31)28-25-11-15-9-16(29(34)35)6-7-17(15)30/h5-11,22,30H,4,12H2,1-3H3,(H,28,31)(H2,26,27,33)/b25-11-/t22-/m1/s1. The zero-order valence-corrected chi connectivity index (χ0v) is 20.6. The number of phenolic OH excluding ortho intramolecular Hbond substituents is 1. The number of nitro benzene ring substituents is 1. The molecule has 1 atom stereocenters. The van der Waals surface area contributed by atoms with Crippen LogP contribution in [0, 0.1) is 10.1 Å². The summed E-state index contributed by atoms with van der Waals surface area (Å²) in [6.07, 6.45) is 1.06. The number of hydrazone groups is 1. The van der Waals surface area contributed by atoms with Crippen molar-refractivity contribution in [1.82, 2.24) is 16.1 Å². The predicted molar refractivity (Wildman–Crippen MR) is 133 cm³/mol. The van der Waals surface area contributed by atoms with E-state index in [4.69, 9.17) is 14.2 Å². The van der Waals surface area contributed by atoms with E-state index < -0.39 is 35.5 Å². The van der Waals surface area contributed by atoms with Crippen LogP contribution in [-0.4, -0.2) is 54.5 Å². The average Bonchev–Trinajstić information content (AvgIpc) is 2.87. The third-order valence-corrected chi connectivity index (χ3v) is 5.26. The molecule has 2 aromatic rings. The maximum Gasteiger partial charge on any atom is 0.338 e. The maximum absolute atomic E-state index is 12.5. The molecule has 1 aliphatic heterocycles. The van der Waals surface area contributed by atoms with Crippen molar-refractivity contribution in [2.75, 3.05) is 20.3 Å². The summed E-state index contributed by atoms with van der Waals surface area (Å²) in [5, 5.41) is 29.6. The van der Waals surface area contributed by atoms with Crippen molar-refractivity contribution in [2.45, 2.75) is 19.9 Å². The summed E-state index contributed by atoms with van der Waals surface area (Å²) in [7, 11) is 1.39. The van der Waals surface area contributed by atoms with E-state index in [-0.39, 0.29) is 40.7 Å². The second-order valence-corrected chi connectivity index (χ2v) is 7.78. The van der Waals surface area contributed by atoms with Gasteiger partial charge in [0.1, 0.15) is 5.75 Å². The Kier molecular flexibility index (Phi) is 8.82. The van der Waals surface area contributed by atoms with Gasteiger partial charge in [-0.15, -0.1) is 0 Å². The Morgan fingerprint density at radius 3 is 2.68 bits per heavy atom. The molecule has 0 fully saturated rings. The Labute approximate surface area is 216 Å². The monoisotopic (exact) mass is 527 g/mol. The van der Waals surface area contributed by atoms with Crippen LogP contribution >= 0.6 is 0 Å². The minimum atomic E-state index is -0.811. The molecule has 0 bridgehead atoms. The summed E-state index contributed by atoms with van der Waals surface area (Å²) in [4.78, 5) is 47.0. The number of esters is 1. The highest BCUT2D eigenvalue weighted by atomic mass is 16.6. The summed E-state index contributed by atoms with van der Waals surface area (Å²) >= 11 is 0. The van der Waals surface area contributed by atoms with Crippen LogP contribution in [-0.2, 0) is 14.3 Å². The van der Waals surface area contributed by atoms with Crippen LogP contribution in [0.4, 0.5) is 10.5 Å². The molecular formula is C24H25N5O9. The lowest BCUT2D eigenvalue weighted by molar-refractivity contribution is -0.384. The summed E-state index contributed by atoms with van der Waals surface area (Å²) in [5.41, 5.74) is 3.07. The van der Waals surface area contributed by atoms with E-state index in [1.165, 1.54) is 13.2 Å². The number of methoxy groups -OCH3 is 1. The third-order valence-electron chi connectivity index (χ3n) is 5.26. The van der Waals surface area contributed by atoms with E-state index in [0.717, 1.165) is 24.4 Å². The highest BCUT2D eigenvalue weighted by Crippen LogP contribution is 2.34. The van der Waals surface area contributed by atoms with Gasteiger partial charge in [-0.3, -0.25) is 14.9 Å². The number of phenols is 1. The van der Waals surface area contributed by atoms with Gasteiger partial charge < -0.3 is 30.0 Å². The van der Waals surface area contributed by atoms with Crippen molar-refractivity contribution >= 4 is 29.8 Å². The minimum Gasteiger partial charge on any atom is -0.507 e. The van der Waals surface area contributed by atoms with Crippen LogP contribution < -0.4 is 25.5 Å². The molecule has 0 aromatic heterocycles. The number of rotatable bonds is 10. The smallest absolute Gasteiger partial charge is 0.338 e. The number of hydrogen-bond acceptors (Lipinski definition) is 10. The van der Waals surface area contributed by atoms with Gasteiger partial charge in [0.05, 0.1) is 36.5 Å². The number of nitrogens with one attached hydrogen (secondary N) is 3. The number of ether oxygens (including phenoxy) is 3. The lowest BCUT2D eigenvalue weighted by Gasteiger charge is -2.28. The Hall–Kier alpha value is -5.14. The lowest BCUT2D eigenvalue weighted by atomic mass is 9.95. The molecule has 0 unspecified atom stereocenters. The second-order valence-electron chi connectivity index (χ2n) is 7.78. The summed E-state index contributed by atoms with van der Waals surface area (Å²) in [6, 6.07) is 6.74. The molecule has 2 aromatic carbocycles. The molecule has 0 spiro atoms. The molecule has 3 amide bonds. The minimum absolute atomic E-state index is 0.0363. The van der Waals surface area contributed by atoms with E-state index in [1.54, 1.807) is 26.0 Å². The number of non-ortho nitro benzene ring substituents is 1. The van der Waals surface area contributed by atoms with E-state index in [1.807, 2.05) is 0 Å². The van der Waals surface area contributed by atoms with Crippen LogP contribution in [0.5, 0.6) is 17.2 Å². The van der Waals surface area contributed by atoms with Gasteiger partial charge in [0.2, 0.25) is 0 Å². The van der Waals surface area contributed by atoms with Crippen LogP contribution in [0.25, 0.3) is 0 Å². The van der Waals surface area contributed by atoms with Gasteiger partial charge >= 0.3 is 12.0 Å². The van der Waals surface area contributed by atoms with Gasteiger partial charge in [0.15, 0.2) is 18.1 Å². The van der Waals surface area contributed by atoms with Gasteiger partial charge in [0, 0.05) is 23.4 Å². The summed E-state index contributed by atoms with van der Waals surface area (Å²) in [5.74, 6) is -1.07. The fraction of sp³-hybridized carbons (Fsp3) is 0.250. The molecule has 0 saturated heterocycles. The lowest BCUT2D eigenvalue weighted by Crippen LogP contribution is -2.45. The van der Waals surface area contributed by atoms with Gasteiger partial charge in [-0.1, -0.05) is 6.07 Å². The first kappa shape index (κ1) is 27.4. The van der Waals surface area contributed by atoms with Crippen LogP contribution in [0.1, 0.15) is 31.0 Å². The number of benzene rings is 2. The molecule has 1 aliphatic rings. The number of carbonyl (C=O) groups excluding carboxylic acids is 3. The van der Waals surface area contributed by atoms with Crippen LogP contribution in [0.3, 0.4) is 0 Å². The molecule has 0 saturated carbocycles. The molecule has 38 heavy (non-hydrogen) atoms. The second kappa shape index (κ2) is 12.2. The highest BCUT2D eigenvalue weighted by molar-refractivity contribution is 5.95. The summed E-state index contributed by atoms with van der Waals surface area (Å²) < 4.78 is 16.0. The number of allylic oxidation sites excluding steroid dienone is 1. The van der Waals surface area contributed by atoms with Crippen LogP contribution in [0.2, 0.25) is 0 Å². The predicted octanol–water partition coefficient (Wildman–Crippen LogP) is 2.03. The SMILES string of the molecule is CCOC(=O)C1=C(C)NC(=O)N[C@@H]1c1ccc(OCC(=O)N/N=C\c2cc([N+](=O)[O-])ccc2O)c(OC)c1. The van der Waals surface area contributed by atoms with Gasteiger partial charge in [-0.25, -0.2) is 15.0 Å². The normalized spacial score (nSPS) is 14.9. The van der Waals surface area contributed by atoms with Crippen molar-refractivity contribution in [2.24, 2.45) is 5.10 Å². The van der Waals surface area contributed by atoms with Crippen molar-refractivity contribution in [3.05, 3.63) is 68.9 Å². The van der Waals surface area contributed by atoms with Crippen molar-refractivity contribution in [3.8, 4) is 17.2 Å². The molecule has 0 radical (unpaired) electrons. The molecule has 4 N–H and O–H groups in total. The molecule has 200 valence electrons. The number of urea groups is 1. The Balaban J connectivity index is 1.69. The molecule has 14 heteroatoms. The Morgan fingerprint density at radius 1 is 1.24 bits per heavy atom. The Morgan fingerprint density at radius 2 is 2.00 bits per heavy atom. The number of hydrogen-bond donors (Lipinski definition) is 4. The van der Waals surface area contributed by atoms with Crippen molar-refractivity contribution < 1.29 is 38.6 Å².